The summed E-state index contributed by atoms with van der Waals surface area (Å²) >= 11 is 6.38. The number of rotatable bonds is 2. The lowest BCUT2D eigenvalue weighted by Crippen LogP contribution is -2.07. The molecule has 1 N–H and O–H groups in total. The van der Waals surface area contributed by atoms with E-state index in [0.717, 1.165) is 0 Å². The van der Waals surface area contributed by atoms with Crippen molar-refractivity contribution in [2.24, 2.45) is 0 Å². The van der Waals surface area contributed by atoms with Crippen molar-refractivity contribution < 1.29 is 14.3 Å². The number of halogens is 3. The van der Waals surface area contributed by atoms with Crippen molar-refractivity contribution in [3.05, 3.63) is 50.9 Å². The minimum atomic E-state index is -1.12. The molecular weight excluding hydrogens is 357 g/mol. The Morgan fingerprint density at radius 3 is 2.65 bits per heavy atom. The lowest BCUT2D eigenvalue weighted by atomic mass is 10.3. The fraction of sp³-hybridized carbons (Fsp3) is 0. The van der Waals surface area contributed by atoms with Gasteiger partial charge >= 0.3 is 5.97 Å². The SMILES string of the molecule is O=C(O)c1cc(Br)cn1-c1c(F)cccc1Br. The van der Waals surface area contributed by atoms with Crippen LogP contribution in [0.4, 0.5) is 4.39 Å². The van der Waals surface area contributed by atoms with Gasteiger partial charge in [0.25, 0.3) is 0 Å². The number of nitrogens with zero attached hydrogens (tertiary/aromatic N) is 1. The third-order valence-corrected chi connectivity index (χ3v) is 3.26. The van der Waals surface area contributed by atoms with Crippen molar-refractivity contribution >= 4 is 37.8 Å². The molecule has 1 aromatic carbocycles. The first-order valence-electron chi connectivity index (χ1n) is 4.56. The van der Waals surface area contributed by atoms with E-state index in [1.807, 2.05) is 0 Å². The number of aromatic nitrogens is 1. The smallest absolute Gasteiger partial charge is 0.352 e. The molecular formula is C11H6Br2FNO2. The third kappa shape index (κ3) is 2.28. The molecule has 0 aliphatic carbocycles. The van der Waals surface area contributed by atoms with Crippen LogP contribution in [0.2, 0.25) is 0 Å². The summed E-state index contributed by atoms with van der Waals surface area (Å²) in [5, 5.41) is 9.04. The van der Waals surface area contributed by atoms with Gasteiger partial charge in [-0.3, -0.25) is 0 Å². The van der Waals surface area contributed by atoms with E-state index < -0.39 is 11.8 Å². The van der Waals surface area contributed by atoms with Gasteiger partial charge in [0, 0.05) is 15.1 Å². The second-order valence-corrected chi connectivity index (χ2v) is 5.06. The molecule has 17 heavy (non-hydrogen) atoms. The zero-order chi connectivity index (χ0) is 12.6. The molecule has 0 amide bonds. The topological polar surface area (TPSA) is 42.2 Å². The predicted molar refractivity (Wildman–Crippen MR) is 68.1 cm³/mol. The highest BCUT2D eigenvalue weighted by molar-refractivity contribution is 9.10. The first-order valence-corrected chi connectivity index (χ1v) is 6.15. The highest BCUT2D eigenvalue weighted by atomic mass is 79.9. The van der Waals surface area contributed by atoms with Gasteiger partial charge in [0.15, 0.2) is 0 Å². The monoisotopic (exact) mass is 361 g/mol. The fourth-order valence-corrected chi connectivity index (χ4v) is 2.45. The minimum absolute atomic E-state index is 0.0114. The number of carboxylic acid groups (broad SMARTS) is 1. The van der Waals surface area contributed by atoms with Crippen LogP contribution in [0, 0.1) is 5.82 Å². The Bertz CT molecular complexity index is 575. The van der Waals surface area contributed by atoms with Crippen molar-refractivity contribution in [1.29, 1.82) is 0 Å². The summed E-state index contributed by atoms with van der Waals surface area (Å²) < 4.78 is 16.1. The predicted octanol–water partition coefficient (Wildman–Crippen LogP) is 3.84. The largest absolute Gasteiger partial charge is 0.477 e. The highest BCUT2D eigenvalue weighted by Crippen LogP contribution is 2.28. The fourth-order valence-electron chi connectivity index (χ4n) is 1.50. The van der Waals surface area contributed by atoms with Gasteiger partial charge in [0.05, 0.1) is 5.69 Å². The molecule has 2 aromatic rings. The molecule has 0 aliphatic heterocycles. The molecule has 88 valence electrons. The lowest BCUT2D eigenvalue weighted by molar-refractivity contribution is 0.0688. The van der Waals surface area contributed by atoms with E-state index in [1.54, 1.807) is 12.1 Å². The van der Waals surface area contributed by atoms with Gasteiger partial charge in [-0.25, -0.2) is 9.18 Å². The molecule has 0 unspecified atom stereocenters. The van der Waals surface area contributed by atoms with Crippen LogP contribution in [0.15, 0.2) is 39.4 Å². The molecule has 3 nitrogen and oxygen atoms in total. The molecule has 1 heterocycles. The zero-order valence-electron chi connectivity index (χ0n) is 8.32. The number of hydrogen-bond donors (Lipinski definition) is 1. The maximum Gasteiger partial charge on any atom is 0.352 e. The third-order valence-electron chi connectivity index (χ3n) is 2.18. The second kappa shape index (κ2) is 4.62. The van der Waals surface area contributed by atoms with Gasteiger partial charge < -0.3 is 9.67 Å². The maximum atomic E-state index is 13.7. The number of para-hydroxylation sites is 1. The Morgan fingerprint density at radius 1 is 1.35 bits per heavy atom. The summed E-state index contributed by atoms with van der Waals surface area (Å²) in [6, 6.07) is 5.89. The molecule has 0 fully saturated rings. The number of benzene rings is 1. The molecule has 0 spiro atoms. The summed E-state index contributed by atoms with van der Waals surface area (Å²) in [7, 11) is 0. The van der Waals surface area contributed by atoms with Crippen LogP contribution in [0.3, 0.4) is 0 Å². The first-order chi connectivity index (χ1) is 8.00. The number of hydrogen-bond acceptors (Lipinski definition) is 1. The van der Waals surface area contributed by atoms with E-state index in [1.165, 1.54) is 22.9 Å². The Balaban J connectivity index is 2.72. The lowest BCUT2D eigenvalue weighted by Gasteiger charge is -2.09. The van der Waals surface area contributed by atoms with E-state index in [0.29, 0.717) is 8.95 Å². The Labute approximate surface area is 113 Å². The Hall–Kier alpha value is -1.14. The zero-order valence-corrected chi connectivity index (χ0v) is 11.5. The van der Waals surface area contributed by atoms with E-state index in [4.69, 9.17) is 5.11 Å². The van der Waals surface area contributed by atoms with Crippen molar-refractivity contribution in [2.45, 2.75) is 0 Å². The van der Waals surface area contributed by atoms with E-state index in [-0.39, 0.29) is 11.4 Å². The van der Waals surface area contributed by atoms with Gasteiger partial charge in [-0.05, 0) is 50.1 Å². The summed E-state index contributed by atoms with van der Waals surface area (Å²) in [4.78, 5) is 11.1. The Morgan fingerprint density at radius 2 is 2.06 bits per heavy atom. The van der Waals surface area contributed by atoms with Gasteiger partial charge in [-0.2, -0.15) is 0 Å². The standard InChI is InChI=1S/C11H6Br2FNO2/c12-6-4-9(11(16)17)15(5-6)10-7(13)2-1-3-8(10)14/h1-5H,(H,16,17). The van der Waals surface area contributed by atoms with Crippen molar-refractivity contribution in [1.82, 2.24) is 4.57 Å². The maximum absolute atomic E-state index is 13.7. The van der Waals surface area contributed by atoms with E-state index >= 15 is 0 Å². The summed E-state index contributed by atoms with van der Waals surface area (Å²) in [5.41, 5.74) is 0.165. The Kier molecular flexibility index (Phi) is 3.35. The van der Waals surface area contributed by atoms with Crippen LogP contribution in [-0.2, 0) is 0 Å². The minimum Gasteiger partial charge on any atom is -0.477 e. The van der Waals surface area contributed by atoms with E-state index in [9.17, 15) is 9.18 Å². The number of carbonyl (C=O) groups is 1. The highest BCUT2D eigenvalue weighted by Gasteiger charge is 2.17. The first kappa shape index (κ1) is 12.3. The van der Waals surface area contributed by atoms with Crippen molar-refractivity contribution in [2.75, 3.05) is 0 Å². The molecule has 0 aliphatic rings. The second-order valence-electron chi connectivity index (χ2n) is 3.29. The molecule has 0 bridgehead atoms. The molecule has 0 saturated heterocycles. The summed E-state index contributed by atoms with van der Waals surface area (Å²) in [6.07, 6.45) is 1.51. The van der Waals surface area contributed by atoms with Gasteiger partial charge in [0.2, 0.25) is 0 Å². The number of carboxylic acids is 1. The average Bonchev–Trinajstić information content (AvgIpc) is 2.60. The molecule has 1 aromatic heterocycles. The van der Waals surface area contributed by atoms with Crippen LogP contribution in [0.5, 0.6) is 0 Å². The van der Waals surface area contributed by atoms with Gasteiger partial charge in [0.1, 0.15) is 11.5 Å². The van der Waals surface area contributed by atoms with Crippen LogP contribution < -0.4 is 0 Å². The van der Waals surface area contributed by atoms with Gasteiger partial charge in [-0.1, -0.05) is 6.07 Å². The normalized spacial score (nSPS) is 10.5. The van der Waals surface area contributed by atoms with Gasteiger partial charge in [-0.15, -0.1) is 0 Å². The van der Waals surface area contributed by atoms with Crippen LogP contribution in [-0.4, -0.2) is 15.6 Å². The molecule has 0 radical (unpaired) electrons. The average molecular weight is 363 g/mol. The summed E-state index contributed by atoms with van der Waals surface area (Å²) in [6.45, 7) is 0. The summed E-state index contributed by atoms with van der Waals surface area (Å²) in [5.74, 6) is -1.61. The van der Waals surface area contributed by atoms with Crippen LogP contribution >= 0.6 is 31.9 Å². The van der Waals surface area contributed by atoms with Crippen molar-refractivity contribution in [3.63, 3.8) is 0 Å². The number of aromatic carboxylic acids is 1. The van der Waals surface area contributed by atoms with Crippen LogP contribution in [0.1, 0.15) is 10.5 Å². The molecule has 0 saturated carbocycles. The molecule has 2 rings (SSSR count). The van der Waals surface area contributed by atoms with Crippen LogP contribution in [0.25, 0.3) is 5.69 Å². The van der Waals surface area contributed by atoms with E-state index in [2.05, 4.69) is 31.9 Å². The molecule has 6 heteroatoms. The quantitative estimate of drug-likeness (QED) is 0.881. The molecule has 0 atom stereocenters. The van der Waals surface area contributed by atoms with Crippen molar-refractivity contribution in [3.8, 4) is 5.69 Å².